The van der Waals surface area contributed by atoms with Gasteiger partial charge in [0.2, 0.25) is 11.8 Å². The van der Waals surface area contributed by atoms with Gasteiger partial charge in [-0.05, 0) is 81.3 Å². The van der Waals surface area contributed by atoms with Gasteiger partial charge in [-0.25, -0.2) is 8.42 Å². The number of rotatable bonds is 13. The molecule has 4 aromatic carbocycles. The van der Waals surface area contributed by atoms with Crippen molar-refractivity contribution in [1.29, 1.82) is 0 Å². The van der Waals surface area contributed by atoms with Gasteiger partial charge in [0.15, 0.2) is 0 Å². The highest BCUT2D eigenvalue weighted by Crippen LogP contribution is 2.29. The smallest absolute Gasteiger partial charge is 0.264 e. The third kappa shape index (κ3) is 8.26. The van der Waals surface area contributed by atoms with Gasteiger partial charge >= 0.3 is 0 Å². The molecule has 0 spiro atoms. The first-order valence-corrected chi connectivity index (χ1v) is 16.1. The van der Waals surface area contributed by atoms with Crippen LogP contribution in [-0.2, 0) is 26.2 Å². The number of para-hydroxylation sites is 1. The van der Waals surface area contributed by atoms with Crippen molar-refractivity contribution < 1.29 is 22.7 Å². The average Bonchev–Trinajstić information content (AvgIpc) is 3.02. The van der Waals surface area contributed by atoms with Crippen LogP contribution in [0, 0.1) is 13.8 Å². The number of nitrogens with one attached hydrogen (secondary N) is 1. The minimum absolute atomic E-state index is 0.0551. The summed E-state index contributed by atoms with van der Waals surface area (Å²) in [5, 5.41) is 2.86. The topological polar surface area (TPSA) is 96.0 Å². The van der Waals surface area contributed by atoms with Crippen LogP contribution in [0.5, 0.6) is 11.5 Å². The number of aryl methyl sites for hydroxylation is 2. The number of sulfonamides is 1. The van der Waals surface area contributed by atoms with Crippen molar-refractivity contribution in [3.63, 3.8) is 0 Å². The van der Waals surface area contributed by atoms with E-state index in [2.05, 4.69) is 5.32 Å². The van der Waals surface area contributed by atoms with E-state index in [-0.39, 0.29) is 23.0 Å². The fraction of sp³-hybridized carbons (Fsp3) is 0.257. The first kappa shape index (κ1) is 32.3. The lowest BCUT2D eigenvalue weighted by molar-refractivity contribution is -0.139. The van der Waals surface area contributed by atoms with Crippen LogP contribution in [0.25, 0.3) is 0 Å². The molecule has 4 rings (SSSR count). The van der Waals surface area contributed by atoms with Crippen molar-refractivity contribution in [3.8, 4) is 11.5 Å². The van der Waals surface area contributed by atoms with Crippen LogP contribution in [0.4, 0.5) is 5.69 Å². The number of hydrogen-bond donors (Lipinski definition) is 1. The van der Waals surface area contributed by atoms with Gasteiger partial charge in [0, 0.05) is 13.1 Å². The largest absolute Gasteiger partial charge is 0.457 e. The first-order chi connectivity index (χ1) is 21.1. The molecule has 0 saturated carbocycles. The van der Waals surface area contributed by atoms with E-state index in [9.17, 15) is 18.0 Å². The van der Waals surface area contributed by atoms with E-state index in [1.165, 1.54) is 17.0 Å². The highest BCUT2D eigenvalue weighted by Gasteiger charge is 2.32. The summed E-state index contributed by atoms with van der Waals surface area (Å²) < 4.78 is 35.1. The molecule has 9 heteroatoms. The molecule has 0 radical (unpaired) electrons. The van der Waals surface area contributed by atoms with Gasteiger partial charge in [-0.15, -0.1) is 0 Å². The molecule has 44 heavy (non-hydrogen) atoms. The number of benzene rings is 4. The summed E-state index contributed by atoms with van der Waals surface area (Å²) in [5.74, 6) is 0.345. The summed E-state index contributed by atoms with van der Waals surface area (Å²) in [7, 11) is -4.17. The van der Waals surface area contributed by atoms with E-state index >= 15 is 0 Å². The highest BCUT2D eigenvalue weighted by atomic mass is 32.2. The van der Waals surface area contributed by atoms with Gasteiger partial charge in [-0.3, -0.25) is 13.9 Å². The molecule has 0 aliphatic carbocycles. The van der Waals surface area contributed by atoms with Crippen LogP contribution in [0.15, 0.2) is 108 Å². The molecule has 0 fully saturated rings. The minimum atomic E-state index is -4.17. The van der Waals surface area contributed by atoms with Crippen LogP contribution in [0.2, 0.25) is 0 Å². The number of amides is 2. The number of hydrogen-bond acceptors (Lipinski definition) is 5. The molecular weight excluding hydrogens is 574 g/mol. The summed E-state index contributed by atoms with van der Waals surface area (Å²) in [6.45, 7) is 7.54. The Hall–Kier alpha value is -4.63. The molecule has 0 heterocycles. The van der Waals surface area contributed by atoms with Gasteiger partial charge in [0.05, 0.1) is 10.6 Å². The molecule has 4 aromatic rings. The average molecular weight is 614 g/mol. The quantitative estimate of drug-likeness (QED) is 0.193. The second-order valence-corrected chi connectivity index (χ2v) is 12.6. The van der Waals surface area contributed by atoms with Crippen LogP contribution in [0.3, 0.4) is 0 Å². The molecule has 1 atom stereocenters. The minimum Gasteiger partial charge on any atom is -0.457 e. The van der Waals surface area contributed by atoms with Gasteiger partial charge < -0.3 is 15.0 Å². The van der Waals surface area contributed by atoms with Gasteiger partial charge in [0.25, 0.3) is 10.0 Å². The Kier molecular flexibility index (Phi) is 10.8. The Morgan fingerprint density at radius 3 is 2.11 bits per heavy atom. The molecule has 1 N–H and O–H groups in total. The van der Waals surface area contributed by atoms with Crippen molar-refractivity contribution in [2.75, 3.05) is 17.4 Å². The zero-order valence-electron chi connectivity index (χ0n) is 25.6. The van der Waals surface area contributed by atoms with Crippen molar-refractivity contribution in [2.24, 2.45) is 0 Å². The highest BCUT2D eigenvalue weighted by molar-refractivity contribution is 7.92. The number of carbonyl (C=O) groups excluding carboxylic acids is 2. The van der Waals surface area contributed by atoms with E-state index in [0.717, 1.165) is 27.4 Å². The summed E-state index contributed by atoms with van der Waals surface area (Å²) in [6.07, 6.45) is 0.747. The van der Waals surface area contributed by atoms with Gasteiger partial charge in [0.1, 0.15) is 24.1 Å². The normalized spacial score (nSPS) is 11.8. The van der Waals surface area contributed by atoms with Crippen molar-refractivity contribution in [1.82, 2.24) is 10.2 Å². The second-order valence-electron chi connectivity index (χ2n) is 10.7. The molecule has 2 amide bonds. The van der Waals surface area contributed by atoms with Crippen molar-refractivity contribution >= 4 is 27.5 Å². The van der Waals surface area contributed by atoms with E-state index in [4.69, 9.17) is 4.74 Å². The third-order valence-electron chi connectivity index (χ3n) is 7.14. The van der Waals surface area contributed by atoms with Gasteiger partial charge in [-0.2, -0.15) is 0 Å². The second kappa shape index (κ2) is 14.7. The molecule has 230 valence electrons. The van der Waals surface area contributed by atoms with Crippen molar-refractivity contribution in [2.45, 2.75) is 51.6 Å². The molecule has 8 nitrogen and oxygen atoms in total. The van der Waals surface area contributed by atoms with Crippen molar-refractivity contribution in [3.05, 3.63) is 120 Å². The maximum Gasteiger partial charge on any atom is 0.264 e. The number of nitrogens with zero attached hydrogens (tertiary/aromatic N) is 2. The predicted octanol–water partition coefficient (Wildman–Crippen LogP) is 6.23. The molecular formula is C35H39N3O5S. The van der Waals surface area contributed by atoms with Crippen LogP contribution in [0.1, 0.15) is 37.0 Å². The predicted molar refractivity (Wildman–Crippen MR) is 173 cm³/mol. The number of anilines is 1. The van der Waals surface area contributed by atoms with Crippen LogP contribution in [-0.4, -0.2) is 44.3 Å². The molecule has 0 aliphatic heterocycles. The van der Waals surface area contributed by atoms with E-state index in [0.29, 0.717) is 18.0 Å². The van der Waals surface area contributed by atoms with Crippen LogP contribution >= 0.6 is 0 Å². The lowest BCUT2D eigenvalue weighted by Gasteiger charge is -2.32. The Balaban J connectivity index is 1.70. The Bertz CT molecular complexity index is 1660. The number of ether oxygens (including phenoxy) is 1. The van der Waals surface area contributed by atoms with E-state index in [1.807, 2.05) is 75.4 Å². The van der Waals surface area contributed by atoms with Gasteiger partial charge in [-0.1, -0.05) is 72.6 Å². The summed E-state index contributed by atoms with van der Waals surface area (Å²) in [6, 6.07) is 29.1. The summed E-state index contributed by atoms with van der Waals surface area (Å²) in [5.41, 5.74) is 3.05. The Labute approximate surface area is 260 Å². The summed E-state index contributed by atoms with van der Waals surface area (Å²) in [4.78, 5) is 28.6. The Morgan fingerprint density at radius 1 is 0.818 bits per heavy atom. The molecule has 1 unspecified atom stereocenters. The summed E-state index contributed by atoms with van der Waals surface area (Å²) >= 11 is 0. The van der Waals surface area contributed by atoms with E-state index in [1.54, 1.807) is 43.3 Å². The van der Waals surface area contributed by atoms with Crippen LogP contribution < -0.4 is 14.4 Å². The third-order valence-corrected chi connectivity index (χ3v) is 8.93. The first-order valence-electron chi connectivity index (χ1n) is 14.6. The SMILES string of the molecule is CCCNC(=O)C(C)N(Cc1cccc(C)c1)C(=O)CN(c1ccc(Oc2ccccc2)cc1)S(=O)(=O)c1ccc(C)cc1. The number of carbonyl (C=O) groups is 2. The molecule has 0 aromatic heterocycles. The zero-order chi connectivity index (χ0) is 31.7. The standard InChI is InChI=1S/C35H39N3O5S/c1-5-22-36-35(40)28(4)37(24-29-11-9-10-27(3)23-29)34(39)25-38(44(41,42)33-20-14-26(2)15-21-33)30-16-18-32(19-17-30)43-31-12-7-6-8-13-31/h6-21,23,28H,5,22,24-25H2,1-4H3,(H,36,40). The molecule has 0 bridgehead atoms. The Morgan fingerprint density at radius 2 is 1.48 bits per heavy atom. The monoisotopic (exact) mass is 613 g/mol. The molecule has 0 aliphatic rings. The lowest BCUT2D eigenvalue weighted by Crippen LogP contribution is -2.51. The fourth-order valence-electron chi connectivity index (χ4n) is 4.66. The maximum atomic E-state index is 14.1. The maximum absolute atomic E-state index is 14.1. The lowest BCUT2D eigenvalue weighted by atomic mass is 10.1. The van der Waals surface area contributed by atoms with E-state index < -0.39 is 28.5 Å². The molecule has 0 saturated heterocycles. The fourth-order valence-corrected chi connectivity index (χ4v) is 6.07. The zero-order valence-corrected chi connectivity index (χ0v) is 26.4.